The van der Waals surface area contributed by atoms with Crippen molar-refractivity contribution in [3.63, 3.8) is 0 Å². The maximum Gasteiger partial charge on any atom is 0.277 e. The van der Waals surface area contributed by atoms with E-state index in [9.17, 15) is 4.79 Å². The summed E-state index contributed by atoms with van der Waals surface area (Å²) >= 11 is 1.22. The predicted octanol–water partition coefficient (Wildman–Crippen LogP) is 0.277. The fourth-order valence-electron chi connectivity index (χ4n) is 1.69. The number of hydrogen-bond acceptors (Lipinski definition) is 6. The van der Waals surface area contributed by atoms with Gasteiger partial charge in [0.25, 0.3) is 11.1 Å². The Kier molecular flexibility index (Phi) is 5.40. The number of hydrogen-bond donors (Lipinski definition) is 2. The van der Waals surface area contributed by atoms with Crippen LogP contribution in [0.1, 0.15) is 24.6 Å². The Morgan fingerprint density at radius 1 is 1.48 bits per heavy atom. The molecule has 0 saturated heterocycles. The van der Waals surface area contributed by atoms with Crippen LogP contribution < -0.4 is 10.2 Å². The highest BCUT2D eigenvalue weighted by Gasteiger charge is 2.14. The molecule has 8 heteroatoms. The van der Waals surface area contributed by atoms with E-state index in [1.807, 2.05) is 27.1 Å². The second kappa shape index (κ2) is 7.28. The molecule has 0 saturated carbocycles. The van der Waals surface area contributed by atoms with E-state index in [1.165, 1.54) is 16.7 Å². The molecule has 0 radical (unpaired) electrons. The summed E-state index contributed by atoms with van der Waals surface area (Å²) in [5.74, 6) is 1.41. The fourth-order valence-corrected chi connectivity index (χ4v) is 2.28. The monoisotopic (exact) mass is 311 g/mol. The van der Waals surface area contributed by atoms with E-state index in [-0.39, 0.29) is 17.7 Å². The summed E-state index contributed by atoms with van der Waals surface area (Å²) in [6.45, 7) is 2.53. The third kappa shape index (κ3) is 4.91. The van der Waals surface area contributed by atoms with Crippen molar-refractivity contribution in [2.24, 2.45) is 0 Å². The number of nitrogens with zero attached hydrogens (tertiary/aromatic N) is 2. The number of aromatic nitrogens is 2. The molecule has 7 nitrogen and oxygen atoms in total. The summed E-state index contributed by atoms with van der Waals surface area (Å²) in [6, 6.07) is 3.45. The van der Waals surface area contributed by atoms with Gasteiger partial charge in [0.2, 0.25) is 5.91 Å². The van der Waals surface area contributed by atoms with Crippen molar-refractivity contribution in [1.82, 2.24) is 15.5 Å². The van der Waals surface area contributed by atoms with Crippen molar-refractivity contribution in [3.05, 3.63) is 30.0 Å². The second-order valence-corrected chi connectivity index (χ2v) is 5.87. The van der Waals surface area contributed by atoms with Crippen molar-refractivity contribution < 1.29 is 18.5 Å². The van der Waals surface area contributed by atoms with Gasteiger partial charge in [-0.15, -0.1) is 10.2 Å². The van der Waals surface area contributed by atoms with Gasteiger partial charge in [-0.3, -0.25) is 4.79 Å². The molecule has 2 aromatic rings. The van der Waals surface area contributed by atoms with Crippen molar-refractivity contribution in [1.29, 1.82) is 0 Å². The fraction of sp³-hybridized carbons (Fsp3) is 0.462. The molecular weight excluding hydrogens is 292 g/mol. The molecule has 2 heterocycles. The van der Waals surface area contributed by atoms with E-state index < -0.39 is 0 Å². The van der Waals surface area contributed by atoms with E-state index in [0.29, 0.717) is 17.7 Å². The normalized spacial score (nSPS) is 12.6. The molecule has 21 heavy (non-hydrogen) atoms. The molecule has 0 aromatic carbocycles. The first kappa shape index (κ1) is 15.6. The Morgan fingerprint density at radius 3 is 2.95 bits per heavy atom. The van der Waals surface area contributed by atoms with Crippen LogP contribution in [0.4, 0.5) is 0 Å². The predicted molar refractivity (Wildman–Crippen MR) is 76.8 cm³/mol. The Balaban J connectivity index is 1.77. The van der Waals surface area contributed by atoms with Gasteiger partial charge >= 0.3 is 0 Å². The molecule has 2 rings (SSSR count). The molecule has 0 fully saturated rings. The molecule has 1 amide bonds. The SMILES string of the molecule is C[C@@H](NC(=O)CSc1nnc(C[NH+](C)C)o1)c1ccco1. The van der Waals surface area contributed by atoms with Crippen LogP contribution in [0, 0.1) is 0 Å². The van der Waals surface area contributed by atoms with Gasteiger partial charge < -0.3 is 19.1 Å². The van der Waals surface area contributed by atoms with Crippen LogP contribution in [-0.4, -0.2) is 36.0 Å². The van der Waals surface area contributed by atoms with Crippen molar-refractivity contribution in [2.45, 2.75) is 24.7 Å². The maximum atomic E-state index is 11.8. The number of carbonyl (C=O) groups excluding carboxylic acids is 1. The Hall–Kier alpha value is -1.80. The number of rotatable bonds is 7. The molecule has 0 unspecified atom stereocenters. The quantitative estimate of drug-likeness (QED) is 0.714. The zero-order chi connectivity index (χ0) is 15.2. The Bertz CT molecular complexity index is 568. The average molecular weight is 311 g/mol. The van der Waals surface area contributed by atoms with Crippen LogP contribution in [0.15, 0.2) is 32.5 Å². The first-order chi connectivity index (χ1) is 10.0. The topological polar surface area (TPSA) is 85.6 Å². The zero-order valence-electron chi connectivity index (χ0n) is 12.3. The summed E-state index contributed by atoms with van der Waals surface area (Å²) in [4.78, 5) is 13.0. The standard InChI is InChI=1S/C13H18N4O3S/c1-9(10-5-4-6-19-10)14-11(18)8-21-13-16-15-12(20-13)7-17(2)3/h4-6,9H,7-8H2,1-3H3,(H,14,18)/p+1/t9-/m1/s1. The van der Waals surface area contributed by atoms with E-state index >= 15 is 0 Å². The van der Waals surface area contributed by atoms with Gasteiger partial charge in [-0.1, -0.05) is 11.8 Å². The second-order valence-electron chi connectivity index (χ2n) is 4.94. The summed E-state index contributed by atoms with van der Waals surface area (Å²) in [7, 11) is 4.00. The number of carbonyl (C=O) groups is 1. The smallest absolute Gasteiger partial charge is 0.277 e. The van der Waals surface area contributed by atoms with E-state index in [1.54, 1.807) is 12.3 Å². The molecule has 114 valence electrons. The summed E-state index contributed by atoms with van der Waals surface area (Å²) in [6.07, 6.45) is 1.58. The van der Waals surface area contributed by atoms with Crippen LogP contribution in [0.3, 0.4) is 0 Å². The average Bonchev–Trinajstić information content (AvgIpc) is 3.06. The highest BCUT2D eigenvalue weighted by atomic mass is 32.2. The number of amides is 1. The third-order valence-electron chi connectivity index (χ3n) is 2.63. The number of thioether (sulfide) groups is 1. The first-order valence-corrected chi connectivity index (χ1v) is 7.60. The molecule has 0 aliphatic carbocycles. The molecule has 0 aliphatic rings. The molecule has 2 N–H and O–H groups in total. The van der Waals surface area contributed by atoms with E-state index in [4.69, 9.17) is 8.83 Å². The molecule has 1 atom stereocenters. The zero-order valence-corrected chi connectivity index (χ0v) is 13.1. The Labute approximate surface area is 127 Å². The van der Waals surface area contributed by atoms with Gasteiger partial charge in [0, 0.05) is 0 Å². The lowest BCUT2D eigenvalue weighted by Gasteiger charge is -2.10. The molecule has 0 spiro atoms. The molecule has 0 aliphatic heterocycles. The minimum atomic E-state index is -0.163. The maximum absolute atomic E-state index is 11.8. The molecule has 2 aromatic heterocycles. The van der Waals surface area contributed by atoms with Gasteiger partial charge in [0.05, 0.1) is 32.2 Å². The van der Waals surface area contributed by atoms with Crippen molar-refractivity contribution in [3.8, 4) is 0 Å². The summed E-state index contributed by atoms with van der Waals surface area (Å²) in [5, 5.41) is 11.1. The molecular formula is C13H19N4O3S+. The minimum Gasteiger partial charge on any atom is -0.467 e. The van der Waals surface area contributed by atoms with Crippen LogP contribution in [-0.2, 0) is 11.3 Å². The summed E-state index contributed by atoms with van der Waals surface area (Å²) < 4.78 is 10.7. The first-order valence-electron chi connectivity index (χ1n) is 6.61. The Morgan fingerprint density at radius 2 is 2.29 bits per heavy atom. The van der Waals surface area contributed by atoms with Crippen LogP contribution in [0.25, 0.3) is 0 Å². The number of nitrogens with one attached hydrogen (secondary N) is 2. The van der Waals surface area contributed by atoms with Gasteiger partial charge in [-0.2, -0.15) is 0 Å². The lowest BCUT2D eigenvalue weighted by Crippen LogP contribution is -3.04. The van der Waals surface area contributed by atoms with E-state index in [0.717, 1.165) is 5.76 Å². The number of quaternary nitrogens is 1. The van der Waals surface area contributed by atoms with E-state index in [2.05, 4.69) is 15.5 Å². The van der Waals surface area contributed by atoms with Crippen molar-refractivity contribution >= 4 is 17.7 Å². The van der Waals surface area contributed by atoms with Gasteiger partial charge in [-0.05, 0) is 19.1 Å². The van der Waals surface area contributed by atoms with Crippen LogP contribution in [0.2, 0.25) is 0 Å². The molecule has 0 bridgehead atoms. The minimum absolute atomic E-state index is 0.109. The van der Waals surface area contributed by atoms with Crippen LogP contribution >= 0.6 is 11.8 Å². The summed E-state index contributed by atoms with van der Waals surface area (Å²) in [5.41, 5.74) is 0. The van der Waals surface area contributed by atoms with Gasteiger partial charge in [0.1, 0.15) is 5.76 Å². The van der Waals surface area contributed by atoms with Crippen molar-refractivity contribution in [2.75, 3.05) is 19.8 Å². The highest BCUT2D eigenvalue weighted by molar-refractivity contribution is 7.99. The highest BCUT2D eigenvalue weighted by Crippen LogP contribution is 2.17. The largest absolute Gasteiger partial charge is 0.467 e. The van der Waals surface area contributed by atoms with Gasteiger partial charge in [-0.25, -0.2) is 0 Å². The lowest BCUT2D eigenvalue weighted by molar-refractivity contribution is -0.874. The van der Waals surface area contributed by atoms with Crippen LogP contribution in [0.5, 0.6) is 0 Å². The lowest BCUT2D eigenvalue weighted by atomic mass is 10.2. The third-order valence-corrected chi connectivity index (χ3v) is 3.45. The van der Waals surface area contributed by atoms with Gasteiger partial charge in [0.15, 0.2) is 6.54 Å². The number of furan rings is 1.